The fourth-order valence-electron chi connectivity index (χ4n) is 2.98. The summed E-state index contributed by atoms with van der Waals surface area (Å²) in [6.07, 6.45) is 1.27. The van der Waals surface area contributed by atoms with Crippen LogP contribution in [0.5, 0.6) is 0 Å². The standard InChI is InChI=1S/C21H24ClN7O3S/c1-3-29(4-2)33(31,32)15-11-9-14(10-12-15)26-19-18(23)20(25-13-24-19)27-28-21(30)16-7-5-6-8-17(16)22/h5-13H,3-4,23H2,1-2H3,(H,28,30)(H2,24,25,26,27). The zero-order chi connectivity index (χ0) is 24.0. The van der Waals surface area contributed by atoms with Gasteiger partial charge in [-0.1, -0.05) is 37.6 Å². The number of nitrogens with one attached hydrogen (secondary N) is 3. The number of hydrogen-bond acceptors (Lipinski definition) is 8. The maximum Gasteiger partial charge on any atom is 0.271 e. The van der Waals surface area contributed by atoms with Crippen LogP contribution in [0.4, 0.5) is 23.0 Å². The van der Waals surface area contributed by atoms with Crippen LogP contribution in [0.1, 0.15) is 24.2 Å². The second-order valence-electron chi connectivity index (χ2n) is 6.78. The molecule has 0 aliphatic heterocycles. The number of benzene rings is 2. The van der Waals surface area contributed by atoms with Crippen molar-refractivity contribution < 1.29 is 13.2 Å². The first-order valence-corrected chi connectivity index (χ1v) is 11.9. The molecular formula is C21H24ClN7O3S. The molecule has 12 heteroatoms. The Morgan fingerprint density at radius 3 is 2.30 bits per heavy atom. The molecule has 0 saturated heterocycles. The third-order valence-corrected chi connectivity index (χ3v) is 7.15. The largest absolute Gasteiger partial charge is 0.393 e. The van der Waals surface area contributed by atoms with Crippen molar-refractivity contribution in [1.29, 1.82) is 0 Å². The minimum atomic E-state index is -3.55. The minimum absolute atomic E-state index is 0.150. The number of amides is 1. The molecule has 1 aromatic heterocycles. The second-order valence-corrected chi connectivity index (χ2v) is 9.13. The Kier molecular flexibility index (Phi) is 7.69. The Labute approximate surface area is 197 Å². The molecular weight excluding hydrogens is 466 g/mol. The first kappa shape index (κ1) is 24.2. The van der Waals surface area contributed by atoms with Crippen molar-refractivity contribution in [1.82, 2.24) is 19.7 Å². The molecule has 33 heavy (non-hydrogen) atoms. The molecule has 174 valence electrons. The number of hydrazine groups is 1. The zero-order valence-corrected chi connectivity index (χ0v) is 19.6. The molecule has 0 spiro atoms. The van der Waals surface area contributed by atoms with Gasteiger partial charge in [-0.25, -0.2) is 18.4 Å². The first-order valence-electron chi connectivity index (χ1n) is 10.1. The molecule has 0 bridgehead atoms. The summed E-state index contributed by atoms with van der Waals surface area (Å²) in [6.45, 7) is 4.35. The van der Waals surface area contributed by atoms with Crippen molar-refractivity contribution in [3.8, 4) is 0 Å². The molecule has 2 aromatic carbocycles. The number of nitrogens with two attached hydrogens (primary N) is 1. The van der Waals surface area contributed by atoms with Gasteiger partial charge in [0.25, 0.3) is 5.91 Å². The summed E-state index contributed by atoms with van der Waals surface area (Å²) in [5.41, 5.74) is 12.3. The molecule has 0 unspecified atom stereocenters. The molecule has 0 aliphatic rings. The third-order valence-electron chi connectivity index (χ3n) is 4.76. The number of anilines is 4. The highest BCUT2D eigenvalue weighted by Crippen LogP contribution is 2.26. The maximum absolute atomic E-state index is 12.6. The Balaban J connectivity index is 1.72. The molecule has 0 aliphatic carbocycles. The minimum Gasteiger partial charge on any atom is -0.393 e. The number of carbonyl (C=O) groups excluding carboxylic acids is 1. The van der Waals surface area contributed by atoms with E-state index in [4.69, 9.17) is 17.3 Å². The van der Waals surface area contributed by atoms with E-state index in [1.807, 2.05) is 0 Å². The van der Waals surface area contributed by atoms with Crippen LogP contribution in [0.3, 0.4) is 0 Å². The van der Waals surface area contributed by atoms with E-state index in [9.17, 15) is 13.2 Å². The maximum atomic E-state index is 12.6. The van der Waals surface area contributed by atoms with Crippen LogP contribution in [-0.4, -0.2) is 41.7 Å². The smallest absolute Gasteiger partial charge is 0.271 e. The Morgan fingerprint density at radius 1 is 1.03 bits per heavy atom. The van der Waals surface area contributed by atoms with E-state index in [2.05, 4.69) is 26.1 Å². The summed E-state index contributed by atoms with van der Waals surface area (Å²) < 4.78 is 26.6. The van der Waals surface area contributed by atoms with Crippen LogP contribution < -0.4 is 21.9 Å². The third kappa shape index (κ3) is 5.51. The summed E-state index contributed by atoms with van der Waals surface area (Å²) >= 11 is 6.03. The van der Waals surface area contributed by atoms with E-state index in [0.717, 1.165) is 0 Å². The SMILES string of the molecule is CCN(CC)S(=O)(=O)c1ccc(Nc2ncnc(NNC(=O)c3ccccc3Cl)c2N)cc1. The number of sulfonamides is 1. The fourth-order valence-corrected chi connectivity index (χ4v) is 4.66. The fraction of sp³-hybridized carbons (Fsp3) is 0.190. The van der Waals surface area contributed by atoms with Crippen molar-refractivity contribution in [3.05, 3.63) is 65.4 Å². The van der Waals surface area contributed by atoms with E-state index in [-0.39, 0.29) is 27.8 Å². The first-order chi connectivity index (χ1) is 15.8. The lowest BCUT2D eigenvalue weighted by Gasteiger charge is -2.18. The van der Waals surface area contributed by atoms with Gasteiger partial charge in [-0.3, -0.25) is 15.6 Å². The Bertz CT molecular complexity index is 1230. The van der Waals surface area contributed by atoms with Crippen molar-refractivity contribution in [2.45, 2.75) is 18.7 Å². The van der Waals surface area contributed by atoms with Crippen LogP contribution in [-0.2, 0) is 10.0 Å². The summed E-state index contributed by atoms with van der Waals surface area (Å²) in [6, 6.07) is 12.9. The van der Waals surface area contributed by atoms with Gasteiger partial charge in [-0.15, -0.1) is 0 Å². The molecule has 1 amide bonds. The van der Waals surface area contributed by atoms with Crippen molar-refractivity contribution >= 4 is 50.5 Å². The van der Waals surface area contributed by atoms with E-state index in [1.165, 1.54) is 22.8 Å². The summed E-state index contributed by atoms with van der Waals surface area (Å²) in [5.74, 6) is -0.00870. The monoisotopic (exact) mass is 489 g/mol. The highest BCUT2D eigenvalue weighted by molar-refractivity contribution is 7.89. The predicted molar refractivity (Wildman–Crippen MR) is 129 cm³/mol. The summed E-state index contributed by atoms with van der Waals surface area (Å²) in [7, 11) is -3.55. The number of aromatic nitrogens is 2. The van der Waals surface area contributed by atoms with Gasteiger partial charge in [0.1, 0.15) is 12.0 Å². The molecule has 10 nitrogen and oxygen atoms in total. The summed E-state index contributed by atoms with van der Waals surface area (Å²) in [5, 5.41) is 3.33. The average molecular weight is 490 g/mol. The van der Waals surface area contributed by atoms with E-state index >= 15 is 0 Å². The van der Waals surface area contributed by atoms with E-state index in [0.29, 0.717) is 23.8 Å². The van der Waals surface area contributed by atoms with Crippen LogP contribution in [0.15, 0.2) is 59.8 Å². The van der Waals surface area contributed by atoms with E-state index < -0.39 is 15.9 Å². The summed E-state index contributed by atoms with van der Waals surface area (Å²) in [4.78, 5) is 20.7. The van der Waals surface area contributed by atoms with Gasteiger partial charge in [0.15, 0.2) is 11.6 Å². The molecule has 0 saturated carbocycles. The van der Waals surface area contributed by atoms with Crippen LogP contribution >= 0.6 is 11.6 Å². The molecule has 3 rings (SSSR count). The lowest BCUT2D eigenvalue weighted by Crippen LogP contribution is -2.30. The molecule has 5 N–H and O–H groups in total. The van der Waals surface area contributed by atoms with Crippen molar-refractivity contribution in [2.24, 2.45) is 0 Å². The average Bonchev–Trinajstić information content (AvgIpc) is 2.80. The molecule has 3 aromatic rings. The van der Waals surface area contributed by atoms with E-state index in [1.54, 1.807) is 50.2 Å². The van der Waals surface area contributed by atoms with Gasteiger partial charge in [-0.2, -0.15) is 4.31 Å². The highest BCUT2D eigenvalue weighted by atomic mass is 35.5. The lowest BCUT2D eigenvalue weighted by atomic mass is 10.2. The quantitative estimate of drug-likeness (QED) is 0.335. The van der Waals surface area contributed by atoms with Crippen LogP contribution in [0.25, 0.3) is 0 Å². The Hall–Kier alpha value is -3.41. The molecule has 0 fully saturated rings. The predicted octanol–water partition coefficient (Wildman–Crippen LogP) is 3.24. The normalized spacial score (nSPS) is 11.3. The molecule has 0 atom stereocenters. The lowest BCUT2D eigenvalue weighted by molar-refractivity contribution is 0.0962. The van der Waals surface area contributed by atoms with Crippen molar-refractivity contribution in [2.75, 3.05) is 29.6 Å². The highest BCUT2D eigenvalue weighted by Gasteiger charge is 2.21. The second kappa shape index (κ2) is 10.5. The topological polar surface area (TPSA) is 142 Å². The van der Waals surface area contributed by atoms with Gasteiger partial charge in [0, 0.05) is 18.8 Å². The zero-order valence-electron chi connectivity index (χ0n) is 18.0. The van der Waals surface area contributed by atoms with Crippen molar-refractivity contribution in [3.63, 3.8) is 0 Å². The van der Waals surface area contributed by atoms with Gasteiger partial charge in [0.2, 0.25) is 10.0 Å². The number of rotatable bonds is 9. The van der Waals surface area contributed by atoms with Gasteiger partial charge >= 0.3 is 0 Å². The number of hydrogen-bond donors (Lipinski definition) is 4. The Morgan fingerprint density at radius 2 is 1.67 bits per heavy atom. The molecule has 0 radical (unpaired) electrons. The number of nitrogen functional groups attached to an aromatic ring is 1. The molecule has 1 heterocycles. The number of halogens is 1. The van der Waals surface area contributed by atoms with Crippen LogP contribution in [0, 0.1) is 0 Å². The van der Waals surface area contributed by atoms with Gasteiger partial charge < -0.3 is 11.1 Å². The van der Waals surface area contributed by atoms with Gasteiger partial charge in [0.05, 0.1) is 15.5 Å². The van der Waals surface area contributed by atoms with Gasteiger partial charge in [-0.05, 0) is 36.4 Å². The van der Waals surface area contributed by atoms with Crippen LogP contribution in [0.2, 0.25) is 5.02 Å². The number of nitrogens with zero attached hydrogens (tertiary/aromatic N) is 3. The number of carbonyl (C=O) groups is 1.